The van der Waals surface area contributed by atoms with Crippen LogP contribution in [0.15, 0.2) is 76.5 Å². The Kier molecular flexibility index (Phi) is 7.42. The van der Waals surface area contributed by atoms with Gasteiger partial charge in [-0.2, -0.15) is 13.2 Å². The molecule has 0 saturated heterocycles. The van der Waals surface area contributed by atoms with Gasteiger partial charge < -0.3 is 0 Å². The minimum Gasteiger partial charge on any atom is -0.280 e. The van der Waals surface area contributed by atoms with Crippen LogP contribution in [0, 0.1) is 0 Å². The molecule has 3 rings (SSSR count). The molecule has 0 aliphatic rings. The monoisotopic (exact) mass is 552 g/mol. The second-order valence-electron chi connectivity index (χ2n) is 6.90. The van der Waals surface area contributed by atoms with Crippen LogP contribution in [0.25, 0.3) is 0 Å². The van der Waals surface area contributed by atoms with Crippen molar-refractivity contribution in [3.63, 3.8) is 0 Å². The molecule has 182 valence electrons. The molecule has 0 fully saturated rings. The number of hydrogen-bond acceptors (Lipinski definition) is 4. The maximum atomic E-state index is 13.3. The van der Waals surface area contributed by atoms with Crippen LogP contribution in [0.2, 0.25) is 10.0 Å². The van der Waals surface area contributed by atoms with Crippen LogP contribution in [0.4, 0.5) is 24.5 Å². The van der Waals surface area contributed by atoms with Crippen LogP contribution >= 0.6 is 23.2 Å². The molecule has 34 heavy (non-hydrogen) atoms. The summed E-state index contributed by atoms with van der Waals surface area (Å²) in [7, 11) is -8.74. The molecule has 0 radical (unpaired) electrons. The zero-order chi connectivity index (χ0) is 25.3. The molecular formula is C21H17Cl2F3N2O4S2. The van der Waals surface area contributed by atoms with E-state index in [0.717, 1.165) is 22.5 Å². The van der Waals surface area contributed by atoms with Gasteiger partial charge in [-0.1, -0.05) is 41.4 Å². The lowest BCUT2D eigenvalue weighted by atomic mass is 10.2. The molecule has 0 aliphatic heterocycles. The van der Waals surface area contributed by atoms with Gasteiger partial charge in [0.15, 0.2) is 0 Å². The first-order chi connectivity index (χ1) is 15.8. The van der Waals surface area contributed by atoms with Crippen LogP contribution in [0.3, 0.4) is 0 Å². The minimum absolute atomic E-state index is 0.0592. The summed E-state index contributed by atoms with van der Waals surface area (Å²) >= 11 is 11.7. The molecule has 0 aromatic heterocycles. The molecule has 0 heterocycles. The van der Waals surface area contributed by atoms with Crippen molar-refractivity contribution in [3.8, 4) is 0 Å². The summed E-state index contributed by atoms with van der Waals surface area (Å²) in [5.41, 5.74) is -1.17. The number of rotatable bonds is 7. The third-order valence-corrected chi connectivity index (χ3v) is 8.73. The van der Waals surface area contributed by atoms with Gasteiger partial charge in [-0.3, -0.25) is 9.03 Å². The van der Waals surface area contributed by atoms with Crippen molar-refractivity contribution in [2.75, 3.05) is 15.6 Å². The highest BCUT2D eigenvalue weighted by Crippen LogP contribution is 2.36. The number of sulfonamides is 2. The van der Waals surface area contributed by atoms with Crippen molar-refractivity contribution in [1.82, 2.24) is 0 Å². The molecule has 0 aliphatic carbocycles. The Labute approximate surface area is 205 Å². The van der Waals surface area contributed by atoms with Gasteiger partial charge in [0.05, 0.1) is 31.9 Å². The predicted octanol–water partition coefficient (Wildman–Crippen LogP) is 6.03. The van der Waals surface area contributed by atoms with E-state index in [0.29, 0.717) is 11.8 Å². The number of nitrogens with zero attached hydrogens (tertiary/aromatic N) is 1. The van der Waals surface area contributed by atoms with Crippen molar-refractivity contribution in [3.05, 3.63) is 82.3 Å². The summed E-state index contributed by atoms with van der Waals surface area (Å²) in [6, 6.07) is 13.7. The van der Waals surface area contributed by atoms with E-state index in [1.165, 1.54) is 12.1 Å². The zero-order valence-corrected chi connectivity index (χ0v) is 20.5. The normalized spacial score (nSPS) is 12.4. The number of nitrogens with one attached hydrogen (secondary N) is 1. The highest BCUT2D eigenvalue weighted by molar-refractivity contribution is 7.93. The molecule has 1 N–H and O–H groups in total. The van der Waals surface area contributed by atoms with Gasteiger partial charge in [0.1, 0.15) is 4.90 Å². The van der Waals surface area contributed by atoms with E-state index < -0.39 is 41.7 Å². The Morgan fingerprint density at radius 1 is 0.882 bits per heavy atom. The molecule has 0 amide bonds. The number of para-hydroxylation sites is 1. The summed E-state index contributed by atoms with van der Waals surface area (Å²) in [5, 5.41) is -0.824. The summed E-state index contributed by atoms with van der Waals surface area (Å²) in [4.78, 5) is -1.09. The molecule has 13 heteroatoms. The van der Waals surface area contributed by atoms with Gasteiger partial charge in [-0.15, -0.1) is 0 Å². The summed E-state index contributed by atoms with van der Waals surface area (Å²) in [6.07, 6.45) is -4.87. The molecule has 0 spiro atoms. The molecule has 3 aromatic rings. The van der Waals surface area contributed by atoms with Gasteiger partial charge in [0, 0.05) is 6.54 Å². The first-order valence-electron chi connectivity index (χ1n) is 9.54. The summed E-state index contributed by atoms with van der Waals surface area (Å²) in [6.45, 7) is 1.67. The Bertz CT molecular complexity index is 1420. The van der Waals surface area contributed by atoms with Gasteiger partial charge in [0.25, 0.3) is 20.0 Å². The number of hydrogen-bond donors (Lipinski definition) is 1. The van der Waals surface area contributed by atoms with Crippen LogP contribution in [-0.2, 0) is 26.2 Å². The molecular weight excluding hydrogens is 536 g/mol. The minimum atomic E-state index is -4.87. The topological polar surface area (TPSA) is 83.6 Å². The fourth-order valence-electron chi connectivity index (χ4n) is 3.07. The van der Waals surface area contributed by atoms with Crippen LogP contribution in [0.1, 0.15) is 12.5 Å². The van der Waals surface area contributed by atoms with Crippen molar-refractivity contribution >= 4 is 54.6 Å². The highest BCUT2D eigenvalue weighted by atomic mass is 35.5. The number of anilines is 2. The van der Waals surface area contributed by atoms with Gasteiger partial charge in [0.2, 0.25) is 0 Å². The maximum Gasteiger partial charge on any atom is 0.417 e. The largest absolute Gasteiger partial charge is 0.417 e. The smallest absolute Gasteiger partial charge is 0.280 e. The average Bonchev–Trinajstić information content (AvgIpc) is 2.75. The molecule has 0 bridgehead atoms. The third-order valence-electron chi connectivity index (χ3n) is 4.64. The van der Waals surface area contributed by atoms with Crippen molar-refractivity contribution < 1.29 is 30.0 Å². The van der Waals surface area contributed by atoms with Gasteiger partial charge in [-0.25, -0.2) is 16.8 Å². The van der Waals surface area contributed by atoms with Gasteiger partial charge >= 0.3 is 6.18 Å². The number of benzene rings is 3. The number of halogens is 5. The van der Waals surface area contributed by atoms with Crippen molar-refractivity contribution in [1.29, 1.82) is 0 Å². The lowest BCUT2D eigenvalue weighted by molar-refractivity contribution is -0.137. The van der Waals surface area contributed by atoms with E-state index in [4.69, 9.17) is 23.2 Å². The average molecular weight is 553 g/mol. The Balaban J connectivity index is 2.01. The van der Waals surface area contributed by atoms with Crippen LogP contribution in [0.5, 0.6) is 0 Å². The summed E-state index contributed by atoms with van der Waals surface area (Å²) < 4.78 is 94.6. The highest BCUT2D eigenvalue weighted by Gasteiger charge is 2.34. The van der Waals surface area contributed by atoms with Crippen LogP contribution in [-0.4, -0.2) is 23.4 Å². The first kappa shape index (κ1) is 26.1. The fraction of sp³-hybridized carbons (Fsp3) is 0.143. The zero-order valence-electron chi connectivity index (χ0n) is 17.3. The SMILES string of the molecule is CCN(c1ccccc1)S(=O)(=O)c1cc(NS(=O)(=O)c2ccc(Cl)c(C(F)(F)F)c2)ccc1Cl. The van der Waals surface area contributed by atoms with E-state index in [1.807, 2.05) is 0 Å². The predicted molar refractivity (Wildman–Crippen MR) is 125 cm³/mol. The second kappa shape index (κ2) is 9.65. The van der Waals surface area contributed by atoms with E-state index >= 15 is 0 Å². The van der Waals surface area contributed by atoms with E-state index in [1.54, 1.807) is 37.3 Å². The number of alkyl halides is 3. The molecule has 0 atom stereocenters. The Morgan fingerprint density at radius 3 is 2.09 bits per heavy atom. The molecule has 0 saturated carbocycles. The van der Waals surface area contributed by atoms with Gasteiger partial charge in [-0.05, 0) is 55.5 Å². The lowest BCUT2D eigenvalue weighted by Crippen LogP contribution is -2.31. The standard InChI is InChI=1S/C21H17Cl2F3N2O4S2/c1-2-28(15-6-4-3-5-7-15)34(31,32)20-12-14(8-10-19(20)23)27-33(29,30)16-9-11-18(22)17(13-16)21(24,25)26/h3-13,27H,2H2,1H3. The van der Waals surface area contributed by atoms with Crippen molar-refractivity contribution in [2.45, 2.75) is 22.9 Å². The van der Waals surface area contributed by atoms with Crippen molar-refractivity contribution in [2.24, 2.45) is 0 Å². The summed E-state index contributed by atoms with van der Waals surface area (Å²) in [5.74, 6) is 0. The van der Waals surface area contributed by atoms with E-state index in [-0.39, 0.29) is 22.2 Å². The maximum absolute atomic E-state index is 13.3. The quantitative estimate of drug-likeness (QED) is 0.388. The Hall–Kier alpha value is -2.47. The second-order valence-corrected chi connectivity index (χ2v) is 11.2. The third kappa shape index (κ3) is 5.43. The Morgan fingerprint density at radius 2 is 1.50 bits per heavy atom. The van der Waals surface area contributed by atoms with E-state index in [9.17, 15) is 30.0 Å². The molecule has 0 unspecified atom stereocenters. The van der Waals surface area contributed by atoms with Crippen LogP contribution < -0.4 is 9.03 Å². The van der Waals surface area contributed by atoms with E-state index in [2.05, 4.69) is 4.72 Å². The first-order valence-corrected chi connectivity index (χ1v) is 13.2. The molecule has 6 nitrogen and oxygen atoms in total. The lowest BCUT2D eigenvalue weighted by Gasteiger charge is -2.23. The molecule has 3 aromatic carbocycles. The fourth-order valence-corrected chi connectivity index (χ4v) is 6.35.